The van der Waals surface area contributed by atoms with Gasteiger partial charge in [0, 0.05) is 6.04 Å². The van der Waals surface area contributed by atoms with Gasteiger partial charge in [-0.3, -0.25) is 0 Å². The van der Waals surface area contributed by atoms with Crippen LogP contribution in [-0.2, 0) is 6.54 Å². The highest BCUT2D eigenvalue weighted by Crippen LogP contribution is 2.18. The molecule has 21 heavy (non-hydrogen) atoms. The number of hydrogen-bond acceptors (Lipinski definition) is 4. The summed E-state index contributed by atoms with van der Waals surface area (Å²) >= 11 is 0. The SMILES string of the molecule is CCOc1ccc(C(C)NCc2cc(C(=O)O)co2)cc1. The summed E-state index contributed by atoms with van der Waals surface area (Å²) in [6.07, 6.45) is 1.25. The maximum absolute atomic E-state index is 10.8. The van der Waals surface area contributed by atoms with Crippen molar-refractivity contribution in [2.75, 3.05) is 6.61 Å². The van der Waals surface area contributed by atoms with E-state index < -0.39 is 5.97 Å². The summed E-state index contributed by atoms with van der Waals surface area (Å²) in [7, 11) is 0. The van der Waals surface area contributed by atoms with Crippen molar-refractivity contribution in [2.24, 2.45) is 0 Å². The summed E-state index contributed by atoms with van der Waals surface area (Å²) in [6.45, 7) is 5.11. The number of benzene rings is 1. The molecule has 0 fully saturated rings. The molecule has 0 saturated carbocycles. The van der Waals surface area contributed by atoms with Gasteiger partial charge in [-0.15, -0.1) is 0 Å². The predicted molar refractivity (Wildman–Crippen MR) is 78.5 cm³/mol. The van der Waals surface area contributed by atoms with Crippen LogP contribution in [0.1, 0.15) is 41.6 Å². The topological polar surface area (TPSA) is 71.7 Å². The maximum atomic E-state index is 10.8. The van der Waals surface area contributed by atoms with Crippen LogP contribution in [0.15, 0.2) is 41.0 Å². The number of ether oxygens (including phenoxy) is 1. The van der Waals surface area contributed by atoms with Crippen molar-refractivity contribution in [2.45, 2.75) is 26.4 Å². The summed E-state index contributed by atoms with van der Waals surface area (Å²) in [5, 5.41) is 12.1. The van der Waals surface area contributed by atoms with Crippen LogP contribution >= 0.6 is 0 Å². The summed E-state index contributed by atoms with van der Waals surface area (Å²) in [5.74, 6) is 0.473. The van der Waals surface area contributed by atoms with Gasteiger partial charge in [0.1, 0.15) is 17.8 Å². The van der Waals surface area contributed by atoms with Gasteiger partial charge in [-0.1, -0.05) is 12.1 Å². The Morgan fingerprint density at radius 3 is 2.67 bits per heavy atom. The van der Waals surface area contributed by atoms with Crippen molar-refractivity contribution in [3.63, 3.8) is 0 Å². The number of nitrogens with one attached hydrogen (secondary N) is 1. The number of rotatable bonds is 7. The van der Waals surface area contributed by atoms with Crippen LogP contribution in [-0.4, -0.2) is 17.7 Å². The Morgan fingerprint density at radius 1 is 1.38 bits per heavy atom. The molecule has 0 spiro atoms. The largest absolute Gasteiger partial charge is 0.494 e. The fourth-order valence-corrected chi connectivity index (χ4v) is 1.98. The number of furan rings is 1. The molecule has 0 radical (unpaired) electrons. The summed E-state index contributed by atoms with van der Waals surface area (Å²) < 4.78 is 10.6. The first-order valence-corrected chi connectivity index (χ1v) is 6.87. The molecule has 1 aromatic heterocycles. The van der Waals surface area contributed by atoms with Gasteiger partial charge in [0.05, 0.1) is 18.7 Å². The highest BCUT2D eigenvalue weighted by Gasteiger charge is 2.10. The van der Waals surface area contributed by atoms with Crippen LogP contribution in [0.5, 0.6) is 5.75 Å². The molecule has 5 nitrogen and oxygen atoms in total. The third-order valence-corrected chi connectivity index (χ3v) is 3.17. The molecule has 1 heterocycles. The van der Waals surface area contributed by atoms with Gasteiger partial charge in [-0.05, 0) is 37.6 Å². The minimum absolute atomic E-state index is 0.124. The number of carboxylic acid groups (broad SMARTS) is 1. The molecule has 0 aliphatic carbocycles. The Morgan fingerprint density at radius 2 is 2.10 bits per heavy atom. The van der Waals surface area contributed by atoms with Crippen LogP contribution in [0.3, 0.4) is 0 Å². The Kier molecular flexibility index (Phi) is 5.00. The van der Waals surface area contributed by atoms with E-state index in [1.807, 2.05) is 38.1 Å². The molecule has 0 bridgehead atoms. The van der Waals surface area contributed by atoms with E-state index >= 15 is 0 Å². The Hall–Kier alpha value is -2.27. The van der Waals surface area contributed by atoms with Crippen LogP contribution in [0.2, 0.25) is 0 Å². The highest BCUT2D eigenvalue weighted by atomic mass is 16.5. The minimum Gasteiger partial charge on any atom is -0.494 e. The van der Waals surface area contributed by atoms with E-state index in [1.165, 1.54) is 12.3 Å². The average molecular weight is 289 g/mol. The number of aromatic carboxylic acids is 1. The Bertz CT molecular complexity index is 589. The predicted octanol–water partition coefficient (Wildman–Crippen LogP) is 3.23. The Labute approximate surface area is 123 Å². The van der Waals surface area contributed by atoms with Crippen molar-refractivity contribution in [1.29, 1.82) is 0 Å². The lowest BCUT2D eigenvalue weighted by Crippen LogP contribution is -2.17. The fraction of sp³-hybridized carbons (Fsp3) is 0.312. The zero-order valence-electron chi connectivity index (χ0n) is 12.1. The van der Waals surface area contributed by atoms with Gasteiger partial charge in [0.25, 0.3) is 0 Å². The first kappa shape index (κ1) is 15.1. The lowest BCUT2D eigenvalue weighted by Gasteiger charge is -2.14. The van der Waals surface area contributed by atoms with E-state index in [9.17, 15) is 4.79 Å². The zero-order chi connectivity index (χ0) is 15.2. The molecule has 0 aliphatic heterocycles. The molecule has 2 aromatic rings. The lowest BCUT2D eigenvalue weighted by molar-refractivity contribution is 0.0696. The number of carboxylic acids is 1. The highest BCUT2D eigenvalue weighted by molar-refractivity contribution is 5.87. The fourth-order valence-electron chi connectivity index (χ4n) is 1.98. The number of hydrogen-bond donors (Lipinski definition) is 2. The van der Waals surface area contributed by atoms with Crippen LogP contribution in [0, 0.1) is 0 Å². The molecule has 0 saturated heterocycles. The summed E-state index contributed by atoms with van der Waals surface area (Å²) in [6, 6.07) is 9.54. The molecule has 0 amide bonds. The average Bonchev–Trinajstić information content (AvgIpc) is 2.95. The van der Waals surface area contributed by atoms with E-state index in [1.54, 1.807) is 0 Å². The molecule has 2 N–H and O–H groups in total. The van der Waals surface area contributed by atoms with Gasteiger partial charge in [-0.2, -0.15) is 0 Å². The first-order valence-electron chi connectivity index (χ1n) is 6.87. The molecule has 1 aromatic carbocycles. The lowest BCUT2D eigenvalue weighted by atomic mass is 10.1. The number of carbonyl (C=O) groups is 1. The van der Waals surface area contributed by atoms with Crippen LogP contribution < -0.4 is 10.1 Å². The van der Waals surface area contributed by atoms with E-state index in [-0.39, 0.29) is 11.6 Å². The monoisotopic (exact) mass is 289 g/mol. The third-order valence-electron chi connectivity index (χ3n) is 3.17. The normalized spacial score (nSPS) is 12.1. The van der Waals surface area contributed by atoms with E-state index in [0.717, 1.165) is 11.3 Å². The van der Waals surface area contributed by atoms with Crippen LogP contribution in [0.25, 0.3) is 0 Å². The maximum Gasteiger partial charge on any atom is 0.338 e. The van der Waals surface area contributed by atoms with Crippen molar-refractivity contribution in [3.8, 4) is 5.75 Å². The molecule has 1 unspecified atom stereocenters. The first-order chi connectivity index (χ1) is 10.1. The summed E-state index contributed by atoms with van der Waals surface area (Å²) in [4.78, 5) is 10.8. The van der Waals surface area contributed by atoms with E-state index in [4.69, 9.17) is 14.3 Å². The minimum atomic E-state index is -0.982. The quantitative estimate of drug-likeness (QED) is 0.818. The van der Waals surface area contributed by atoms with Crippen molar-refractivity contribution < 1.29 is 19.1 Å². The van der Waals surface area contributed by atoms with E-state index in [2.05, 4.69) is 5.32 Å². The second-order valence-corrected chi connectivity index (χ2v) is 4.71. The molecular weight excluding hydrogens is 270 g/mol. The van der Waals surface area contributed by atoms with Gasteiger partial charge in [0.15, 0.2) is 0 Å². The standard InChI is InChI=1S/C16H19NO4/c1-3-20-14-6-4-12(5-7-14)11(2)17-9-15-8-13(10-21-15)16(18)19/h4-8,10-11,17H,3,9H2,1-2H3,(H,18,19). The third kappa shape index (κ3) is 4.10. The van der Waals surface area contributed by atoms with Gasteiger partial charge in [0.2, 0.25) is 0 Å². The van der Waals surface area contributed by atoms with Gasteiger partial charge < -0.3 is 19.6 Å². The van der Waals surface area contributed by atoms with Crippen molar-refractivity contribution in [1.82, 2.24) is 5.32 Å². The Balaban J connectivity index is 1.91. The van der Waals surface area contributed by atoms with Crippen molar-refractivity contribution in [3.05, 3.63) is 53.5 Å². The molecule has 112 valence electrons. The molecule has 2 rings (SSSR count). The van der Waals surface area contributed by atoms with Gasteiger partial charge >= 0.3 is 5.97 Å². The molecule has 1 atom stereocenters. The molecule has 5 heteroatoms. The van der Waals surface area contributed by atoms with Gasteiger partial charge in [-0.25, -0.2) is 4.79 Å². The van der Waals surface area contributed by atoms with Crippen LogP contribution in [0.4, 0.5) is 0 Å². The zero-order valence-corrected chi connectivity index (χ0v) is 12.1. The van der Waals surface area contributed by atoms with Crippen molar-refractivity contribution >= 4 is 5.97 Å². The smallest absolute Gasteiger partial charge is 0.338 e. The van der Waals surface area contributed by atoms with E-state index in [0.29, 0.717) is 18.9 Å². The molecular formula is C16H19NO4. The second kappa shape index (κ2) is 6.95. The molecule has 0 aliphatic rings. The second-order valence-electron chi connectivity index (χ2n) is 4.71. The summed E-state index contributed by atoms with van der Waals surface area (Å²) in [5.41, 5.74) is 1.30.